The molecule has 2 amide bonds. The van der Waals surface area contributed by atoms with Gasteiger partial charge in [0.2, 0.25) is 5.91 Å². The SMILES string of the molecule is O=C(NCCC(=O)N1CCc2sccc2C1C(=O)O)OCC1c2ccccc2-c2ccccc21. The smallest absolute Gasteiger partial charge is 0.407 e. The van der Waals surface area contributed by atoms with Crippen molar-refractivity contribution in [2.24, 2.45) is 0 Å². The van der Waals surface area contributed by atoms with Crippen molar-refractivity contribution >= 4 is 29.3 Å². The second-order valence-electron chi connectivity index (χ2n) is 8.38. The fraction of sp³-hybridized carbons (Fsp3) is 0.269. The highest BCUT2D eigenvalue weighted by Crippen LogP contribution is 2.44. The maximum absolute atomic E-state index is 12.7. The third kappa shape index (κ3) is 4.05. The molecule has 0 radical (unpaired) electrons. The van der Waals surface area contributed by atoms with Gasteiger partial charge in [-0.15, -0.1) is 11.3 Å². The average Bonchev–Trinajstić information content (AvgIpc) is 3.44. The van der Waals surface area contributed by atoms with E-state index in [2.05, 4.69) is 29.6 Å². The molecule has 2 N–H and O–H groups in total. The van der Waals surface area contributed by atoms with Crippen molar-refractivity contribution in [2.75, 3.05) is 19.7 Å². The van der Waals surface area contributed by atoms with Gasteiger partial charge in [0.05, 0.1) is 0 Å². The minimum absolute atomic E-state index is 0.00739. The molecule has 174 valence electrons. The highest BCUT2D eigenvalue weighted by Gasteiger charge is 2.36. The van der Waals surface area contributed by atoms with E-state index in [9.17, 15) is 19.5 Å². The number of nitrogens with zero attached hydrogens (tertiary/aromatic N) is 1. The van der Waals surface area contributed by atoms with E-state index in [1.165, 1.54) is 16.2 Å². The number of aliphatic carboxylic acids is 1. The highest BCUT2D eigenvalue weighted by atomic mass is 32.1. The Bertz CT molecular complexity index is 1210. The molecule has 0 saturated carbocycles. The first-order chi connectivity index (χ1) is 16.5. The zero-order valence-electron chi connectivity index (χ0n) is 18.4. The Kier molecular flexibility index (Phi) is 6.06. The van der Waals surface area contributed by atoms with Gasteiger partial charge in [-0.2, -0.15) is 0 Å². The van der Waals surface area contributed by atoms with Crippen molar-refractivity contribution in [3.63, 3.8) is 0 Å². The number of hydrogen-bond donors (Lipinski definition) is 2. The molecule has 8 heteroatoms. The second-order valence-corrected chi connectivity index (χ2v) is 9.38. The number of amides is 2. The van der Waals surface area contributed by atoms with Crippen LogP contribution < -0.4 is 5.32 Å². The first-order valence-electron chi connectivity index (χ1n) is 11.2. The molecule has 2 heterocycles. The molecule has 1 aromatic heterocycles. The van der Waals surface area contributed by atoms with Crippen molar-refractivity contribution < 1.29 is 24.2 Å². The molecule has 0 fully saturated rings. The Hall–Kier alpha value is -3.65. The molecular formula is C26H24N2O5S. The Labute approximate surface area is 201 Å². The summed E-state index contributed by atoms with van der Waals surface area (Å²) in [6, 6.07) is 17.0. The third-order valence-corrected chi connectivity index (χ3v) is 7.47. The molecule has 1 atom stereocenters. The van der Waals surface area contributed by atoms with Crippen molar-refractivity contribution in [2.45, 2.75) is 24.8 Å². The van der Waals surface area contributed by atoms with Crippen molar-refractivity contribution in [3.05, 3.63) is 81.5 Å². The molecule has 7 nitrogen and oxygen atoms in total. The molecule has 3 aromatic rings. The van der Waals surface area contributed by atoms with Crippen LogP contribution >= 0.6 is 11.3 Å². The molecule has 2 aliphatic rings. The summed E-state index contributed by atoms with van der Waals surface area (Å²) in [5.74, 6) is -1.38. The number of carboxylic acid groups (broad SMARTS) is 1. The summed E-state index contributed by atoms with van der Waals surface area (Å²) in [4.78, 5) is 39.3. The first kappa shape index (κ1) is 22.2. The highest BCUT2D eigenvalue weighted by molar-refractivity contribution is 7.10. The van der Waals surface area contributed by atoms with Gasteiger partial charge in [-0.05, 0) is 45.7 Å². The molecule has 34 heavy (non-hydrogen) atoms. The molecule has 0 saturated heterocycles. The van der Waals surface area contributed by atoms with Gasteiger partial charge in [0, 0.05) is 30.3 Å². The molecule has 2 aromatic carbocycles. The van der Waals surface area contributed by atoms with E-state index in [-0.39, 0.29) is 31.4 Å². The van der Waals surface area contributed by atoms with Crippen molar-refractivity contribution in [3.8, 4) is 11.1 Å². The molecule has 1 aliphatic heterocycles. The van der Waals surface area contributed by atoms with E-state index < -0.39 is 18.1 Å². The predicted octanol–water partition coefficient (Wildman–Crippen LogP) is 4.19. The van der Waals surface area contributed by atoms with E-state index in [0.29, 0.717) is 18.5 Å². The lowest BCUT2D eigenvalue weighted by Gasteiger charge is -2.33. The van der Waals surface area contributed by atoms with Crippen molar-refractivity contribution in [1.29, 1.82) is 0 Å². The zero-order chi connectivity index (χ0) is 23.7. The number of benzene rings is 2. The standard InChI is InChI=1S/C26H24N2O5S/c29-23(28-13-10-22-20(11-14-34-22)24(28)25(30)31)9-12-27-26(32)33-15-21-18-7-3-1-5-16(18)17-6-2-4-8-19(17)21/h1-8,11,14,21,24H,9-10,12-13,15H2,(H,27,32)(H,30,31). The Balaban J connectivity index is 1.15. The van der Waals surface area contributed by atoms with Gasteiger partial charge in [0.25, 0.3) is 0 Å². The predicted molar refractivity (Wildman–Crippen MR) is 128 cm³/mol. The Morgan fingerprint density at radius 2 is 1.68 bits per heavy atom. The normalized spacial score (nSPS) is 16.4. The van der Waals surface area contributed by atoms with E-state index in [1.54, 1.807) is 6.07 Å². The average molecular weight is 477 g/mol. The minimum Gasteiger partial charge on any atom is -0.479 e. The zero-order valence-corrected chi connectivity index (χ0v) is 19.2. The molecule has 5 rings (SSSR count). The molecule has 0 bridgehead atoms. The van der Waals surface area contributed by atoms with Crippen LogP contribution in [0, 0.1) is 0 Å². The van der Waals surface area contributed by atoms with E-state index in [4.69, 9.17) is 4.74 Å². The van der Waals surface area contributed by atoms with Crippen molar-refractivity contribution in [1.82, 2.24) is 10.2 Å². The maximum atomic E-state index is 12.7. The van der Waals surface area contributed by atoms with Crippen LogP contribution in [0.2, 0.25) is 0 Å². The number of fused-ring (bicyclic) bond motifs is 4. The summed E-state index contributed by atoms with van der Waals surface area (Å²) in [7, 11) is 0. The topological polar surface area (TPSA) is 95.9 Å². The van der Waals surface area contributed by atoms with E-state index in [0.717, 1.165) is 27.1 Å². The van der Waals surface area contributed by atoms with Crippen LogP contribution in [0.4, 0.5) is 4.79 Å². The van der Waals surface area contributed by atoms with Crippen LogP contribution in [0.5, 0.6) is 0 Å². The number of hydrogen-bond acceptors (Lipinski definition) is 5. The summed E-state index contributed by atoms with van der Waals surface area (Å²) >= 11 is 1.51. The molecule has 0 spiro atoms. The number of carbonyl (C=O) groups excluding carboxylic acids is 2. The lowest BCUT2D eigenvalue weighted by molar-refractivity contribution is -0.151. The van der Waals surface area contributed by atoms with Gasteiger partial charge in [0.1, 0.15) is 6.61 Å². The molecule has 1 aliphatic carbocycles. The quantitative estimate of drug-likeness (QED) is 0.556. The molecular weight excluding hydrogens is 452 g/mol. The Morgan fingerprint density at radius 3 is 2.35 bits per heavy atom. The summed E-state index contributed by atoms with van der Waals surface area (Å²) in [5, 5.41) is 14.2. The van der Waals surface area contributed by atoms with Crippen LogP contribution in [0.3, 0.4) is 0 Å². The number of thiophene rings is 1. The van der Waals surface area contributed by atoms with Gasteiger partial charge in [-0.1, -0.05) is 48.5 Å². The van der Waals surface area contributed by atoms with E-state index in [1.807, 2.05) is 29.6 Å². The first-order valence-corrected chi connectivity index (χ1v) is 12.1. The summed E-state index contributed by atoms with van der Waals surface area (Å²) < 4.78 is 5.49. The number of nitrogens with one attached hydrogen (secondary N) is 1. The summed E-state index contributed by atoms with van der Waals surface area (Å²) in [5.41, 5.74) is 5.25. The Morgan fingerprint density at radius 1 is 1.00 bits per heavy atom. The minimum atomic E-state index is -1.04. The number of carboxylic acids is 1. The second kappa shape index (κ2) is 9.30. The summed E-state index contributed by atoms with van der Waals surface area (Å²) in [6.45, 7) is 0.630. The lowest BCUT2D eigenvalue weighted by Crippen LogP contribution is -2.44. The van der Waals surface area contributed by atoms with Gasteiger partial charge < -0.3 is 20.1 Å². The van der Waals surface area contributed by atoms with Crippen LogP contribution in [0.15, 0.2) is 60.0 Å². The molecule has 1 unspecified atom stereocenters. The fourth-order valence-electron chi connectivity index (χ4n) is 4.92. The van der Waals surface area contributed by atoms with Crippen LogP contribution in [-0.4, -0.2) is 47.7 Å². The monoisotopic (exact) mass is 476 g/mol. The van der Waals surface area contributed by atoms with Gasteiger partial charge >= 0.3 is 12.1 Å². The van der Waals surface area contributed by atoms with E-state index >= 15 is 0 Å². The fourth-order valence-corrected chi connectivity index (χ4v) is 5.82. The van der Waals surface area contributed by atoms with Crippen LogP contribution in [0.25, 0.3) is 11.1 Å². The number of rotatable bonds is 6. The lowest BCUT2D eigenvalue weighted by atomic mass is 9.98. The van der Waals surface area contributed by atoms with Crippen LogP contribution in [0.1, 0.15) is 39.9 Å². The largest absolute Gasteiger partial charge is 0.479 e. The number of alkyl carbamates (subject to hydrolysis) is 1. The third-order valence-electron chi connectivity index (χ3n) is 6.47. The summed E-state index contributed by atoms with van der Waals surface area (Å²) in [6.07, 6.45) is 0.0543. The number of carbonyl (C=O) groups is 3. The maximum Gasteiger partial charge on any atom is 0.407 e. The van der Waals surface area contributed by atoms with Gasteiger partial charge in [0.15, 0.2) is 6.04 Å². The van der Waals surface area contributed by atoms with Gasteiger partial charge in [-0.3, -0.25) is 4.79 Å². The van der Waals surface area contributed by atoms with Gasteiger partial charge in [-0.25, -0.2) is 9.59 Å². The number of ether oxygens (including phenoxy) is 1. The van der Waals surface area contributed by atoms with Crippen LogP contribution in [-0.2, 0) is 20.7 Å².